The molecule has 4 nitrogen and oxygen atoms in total. The summed E-state index contributed by atoms with van der Waals surface area (Å²) in [5.41, 5.74) is -1.34. The van der Waals surface area contributed by atoms with Crippen LogP contribution in [0.2, 0.25) is 18.1 Å². The molecule has 0 aromatic heterocycles. The molecular weight excluding hydrogens is 351 g/mol. The number of nitrogens with zero attached hydrogens (tertiary/aromatic N) is 1. The Hall–Kier alpha value is -1.67. The van der Waals surface area contributed by atoms with Crippen LogP contribution in [0, 0.1) is 0 Å². The lowest BCUT2D eigenvalue weighted by Gasteiger charge is -2.37. The Morgan fingerprint density at radius 2 is 1.72 bits per heavy atom. The fourth-order valence-electron chi connectivity index (χ4n) is 1.79. The van der Waals surface area contributed by atoms with E-state index in [-0.39, 0.29) is 11.6 Å². The summed E-state index contributed by atoms with van der Waals surface area (Å²) in [5.74, 6) is -2.10. The van der Waals surface area contributed by atoms with Gasteiger partial charge in [-0.1, -0.05) is 51.1 Å². The van der Waals surface area contributed by atoms with E-state index in [0.717, 1.165) is 0 Å². The van der Waals surface area contributed by atoms with Crippen LogP contribution in [-0.2, 0) is 9.22 Å². The van der Waals surface area contributed by atoms with Gasteiger partial charge in [0.25, 0.3) is 0 Å². The van der Waals surface area contributed by atoms with Crippen molar-refractivity contribution in [3.05, 3.63) is 35.9 Å². The lowest BCUT2D eigenvalue weighted by molar-refractivity contribution is -0.133. The SMILES string of the molecule is CC(C)(C)[Si](C)(C)OC[C@H](N=C(C(=O)O)C(F)(F)F)c1ccccc1. The van der Waals surface area contributed by atoms with Crippen molar-refractivity contribution in [1.82, 2.24) is 0 Å². The highest BCUT2D eigenvalue weighted by atomic mass is 28.4. The van der Waals surface area contributed by atoms with Crippen molar-refractivity contribution in [2.24, 2.45) is 4.99 Å². The molecule has 0 aliphatic heterocycles. The number of hydrogen-bond acceptors (Lipinski definition) is 3. The second-order valence-electron chi connectivity index (χ2n) is 7.28. The van der Waals surface area contributed by atoms with Crippen molar-refractivity contribution in [3.8, 4) is 0 Å². The van der Waals surface area contributed by atoms with Crippen LogP contribution in [-0.4, -0.2) is 37.9 Å². The molecule has 140 valence electrons. The molecule has 0 unspecified atom stereocenters. The van der Waals surface area contributed by atoms with Gasteiger partial charge in [-0.15, -0.1) is 0 Å². The topological polar surface area (TPSA) is 58.9 Å². The normalized spacial score (nSPS) is 15.1. The fourth-order valence-corrected chi connectivity index (χ4v) is 2.80. The maximum absolute atomic E-state index is 13.0. The van der Waals surface area contributed by atoms with Gasteiger partial charge in [0.05, 0.1) is 12.6 Å². The van der Waals surface area contributed by atoms with Crippen molar-refractivity contribution in [2.75, 3.05) is 6.61 Å². The molecule has 0 heterocycles. The highest BCUT2D eigenvalue weighted by Gasteiger charge is 2.42. The van der Waals surface area contributed by atoms with Gasteiger partial charge in [0.1, 0.15) is 0 Å². The van der Waals surface area contributed by atoms with Crippen molar-refractivity contribution >= 4 is 20.0 Å². The molecule has 0 amide bonds. The highest BCUT2D eigenvalue weighted by Crippen LogP contribution is 2.37. The second kappa shape index (κ2) is 7.70. The minimum atomic E-state index is -5.03. The first kappa shape index (κ1) is 21.4. The zero-order valence-electron chi connectivity index (χ0n) is 15.0. The Kier molecular flexibility index (Phi) is 6.58. The Morgan fingerprint density at radius 3 is 2.12 bits per heavy atom. The van der Waals surface area contributed by atoms with Gasteiger partial charge in [0.15, 0.2) is 8.32 Å². The minimum absolute atomic E-state index is 0.104. The van der Waals surface area contributed by atoms with E-state index in [1.54, 1.807) is 30.3 Å². The number of rotatable bonds is 6. The van der Waals surface area contributed by atoms with Gasteiger partial charge in [-0.05, 0) is 23.7 Å². The number of alkyl halides is 3. The largest absolute Gasteiger partial charge is 0.477 e. The number of carboxylic acids is 1. The van der Waals surface area contributed by atoms with Crippen LogP contribution in [0.3, 0.4) is 0 Å². The maximum atomic E-state index is 13.0. The second-order valence-corrected chi connectivity index (χ2v) is 12.1. The van der Waals surface area contributed by atoms with Crippen molar-refractivity contribution in [1.29, 1.82) is 0 Å². The molecule has 1 atom stereocenters. The summed E-state index contributed by atoms with van der Waals surface area (Å²) in [4.78, 5) is 14.5. The van der Waals surface area contributed by atoms with Crippen molar-refractivity contribution in [3.63, 3.8) is 0 Å². The number of carboxylic acid groups (broad SMARTS) is 1. The Labute approximate surface area is 146 Å². The Bertz CT molecular complexity index is 622. The van der Waals surface area contributed by atoms with E-state index in [1.165, 1.54) is 0 Å². The molecule has 8 heteroatoms. The third kappa shape index (κ3) is 5.96. The molecule has 1 aromatic rings. The molecule has 0 fully saturated rings. The van der Waals surface area contributed by atoms with E-state index >= 15 is 0 Å². The average Bonchev–Trinajstić information content (AvgIpc) is 2.45. The van der Waals surface area contributed by atoms with Crippen molar-refractivity contribution in [2.45, 2.75) is 51.1 Å². The number of benzene rings is 1. The number of aliphatic carboxylic acids is 1. The molecule has 0 radical (unpaired) electrons. The Morgan fingerprint density at radius 1 is 1.20 bits per heavy atom. The molecule has 1 rings (SSSR count). The molecule has 0 saturated carbocycles. The van der Waals surface area contributed by atoms with Crippen LogP contribution in [0.25, 0.3) is 0 Å². The number of aliphatic imine (C=N–C) groups is 1. The van der Waals surface area contributed by atoms with E-state index < -0.39 is 32.2 Å². The van der Waals surface area contributed by atoms with Gasteiger partial charge in [-0.2, -0.15) is 13.2 Å². The van der Waals surface area contributed by atoms with E-state index in [1.807, 2.05) is 33.9 Å². The first-order valence-corrected chi connectivity index (χ1v) is 10.7. The summed E-state index contributed by atoms with van der Waals surface area (Å²) < 4.78 is 44.9. The van der Waals surface area contributed by atoms with Gasteiger partial charge < -0.3 is 9.53 Å². The number of halogens is 3. The molecule has 1 N–H and O–H groups in total. The van der Waals surface area contributed by atoms with E-state index in [0.29, 0.717) is 5.56 Å². The monoisotopic (exact) mass is 375 g/mol. The summed E-state index contributed by atoms with van der Waals surface area (Å²) in [5, 5.41) is 8.75. The molecular formula is C17H24F3NO3Si. The summed E-state index contributed by atoms with van der Waals surface area (Å²) in [7, 11) is -2.22. The summed E-state index contributed by atoms with van der Waals surface area (Å²) in [6.45, 7) is 9.88. The molecule has 0 saturated heterocycles. The molecule has 25 heavy (non-hydrogen) atoms. The fraction of sp³-hybridized carbons (Fsp3) is 0.529. The van der Waals surface area contributed by atoms with Crippen LogP contribution in [0.4, 0.5) is 13.2 Å². The quantitative estimate of drug-likeness (QED) is 0.572. The summed E-state index contributed by atoms with van der Waals surface area (Å²) in [6, 6.07) is 7.23. The first-order chi connectivity index (χ1) is 11.3. The molecule has 0 bridgehead atoms. The van der Waals surface area contributed by atoms with Gasteiger partial charge in [-0.3, -0.25) is 4.99 Å². The van der Waals surface area contributed by atoms with Crippen LogP contribution in [0.1, 0.15) is 32.4 Å². The van der Waals surface area contributed by atoms with E-state index in [2.05, 4.69) is 4.99 Å². The molecule has 0 spiro atoms. The lowest BCUT2D eigenvalue weighted by Crippen LogP contribution is -2.42. The van der Waals surface area contributed by atoms with Crippen LogP contribution in [0.5, 0.6) is 0 Å². The number of carbonyl (C=O) groups is 1. The van der Waals surface area contributed by atoms with Gasteiger partial charge in [-0.25, -0.2) is 4.79 Å². The smallest absolute Gasteiger partial charge is 0.440 e. The van der Waals surface area contributed by atoms with Gasteiger partial charge in [0, 0.05) is 0 Å². The summed E-state index contributed by atoms with van der Waals surface area (Å²) in [6.07, 6.45) is -5.03. The highest BCUT2D eigenvalue weighted by molar-refractivity contribution is 6.74. The molecule has 0 aliphatic rings. The van der Waals surface area contributed by atoms with Crippen LogP contribution in [0.15, 0.2) is 35.3 Å². The zero-order chi connectivity index (χ0) is 19.5. The van der Waals surface area contributed by atoms with Gasteiger partial charge in [0.2, 0.25) is 5.71 Å². The van der Waals surface area contributed by atoms with Crippen molar-refractivity contribution < 1.29 is 27.5 Å². The lowest BCUT2D eigenvalue weighted by atomic mass is 10.1. The standard InChI is InChI=1S/C17H24F3NO3Si/c1-16(2,3)25(4,5)24-11-13(12-9-7-6-8-10-12)21-14(15(22)23)17(18,19)20/h6-10,13H,11H2,1-5H3,(H,22,23)/t13-/m0/s1. The maximum Gasteiger partial charge on any atom is 0.440 e. The Balaban J connectivity index is 3.22. The summed E-state index contributed by atoms with van der Waals surface area (Å²) >= 11 is 0. The predicted octanol–water partition coefficient (Wildman–Crippen LogP) is 4.84. The number of hydrogen-bond donors (Lipinski definition) is 1. The molecule has 1 aromatic carbocycles. The minimum Gasteiger partial charge on any atom is -0.477 e. The van der Waals surface area contributed by atoms with E-state index in [4.69, 9.17) is 9.53 Å². The molecule has 0 aliphatic carbocycles. The van der Waals surface area contributed by atoms with Crippen LogP contribution < -0.4 is 0 Å². The van der Waals surface area contributed by atoms with Crippen LogP contribution >= 0.6 is 0 Å². The van der Waals surface area contributed by atoms with E-state index in [9.17, 15) is 18.0 Å². The first-order valence-electron chi connectivity index (χ1n) is 7.83. The third-order valence-corrected chi connectivity index (χ3v) is 8.85. The zero-order valence-corrected chi connectivity index (χ0v) is 16.0. The predicted molar refractivity (Wildman–Crippen MR) is 93.5 cm³/mol. The van der Waals surface area contributed by atoms with Gasteiger partial charge >= 0.3 is 12.1 Å². The average molecular weight is 375 g/mol. The third-order valence-electron chi connectivity index (χ3n) is 4.35.